The Morgan fingerprint density at radius 3 is 2.89 bits per heavy atom. The fourth-order valence-electron chi connectivity index (χ4n) is 1.35. The number of ether oxygens (including phenoxy) is 1. The van der Waals surface area contributed by atoms with Gasteiger partial charge >= 0.3 is 6.09 Å². The average molecular weight is 256 g/mol. The molecule has 1 aromatic heterocycles. The predicted molar refractivity (Wildman–Crippen MR) is 65.0 cm³/mol. The summed E-state index contributed by atoms with van der Waals surface area (Å²) in [4.78, 5) is 15.4. The van der Waals surface area contributed by atoms with Gasteiger partial charge in [-0.3, -0.25) is 0 Å². The van der Waals surface area contributed by atoms with Gasteiger partial charge in [0.05, 0.1) is 13.2 Å². The lowest BCUT2D eigenvalue weighted by Crippen LogP contribution is -2.33. The highest BCUT2D eigenvalue weighted by Crippen LogP contribution is 2.06. The third-order valence-electron chi connectivity index (χ3n) is 2.02. The number of aliphatic hydroxyl groups excluding tert-OH is 1. The monoisotopic (exact) mass is 256 g/mol. The lowest BCUT2D eigenvalue weighted by molar-refractivity contribution is 0.0528. The Kier molecular flexibility index (Phi) is 5.08. The Morgan fingerprint density at radius 2 is 2.28 bits per heavy atom. The van der Waals surface area contributed by atoms with Crippen molar-refractivity contribution in [2.75, 3.05) is 13.2 Å². The maximum Gasteiger partial charge on any atom is 0.407 e. The first kappa shape index (κ1) is 14.4. The number of carbonyl (C=O) groups is 1. The second-order valence-electron chi connectivity index (χ2n) is 4.80. The smallest absolute Gasteiger partial charge is 0.407 e. The van der Waals surface area contributed by atoms with E-state index in [1.165, 1.54) is 6.33 Å². The normalized spacial score (nSPS) is 11.3. The van der Waals surface area contributed by atoms with Crippen molar-refractivity contribution in [3.05, 3.63) is 12.2 Å². The standard InChI is InChI=1S/C11H20N4O3/c1-11(2,3)18-10(17)12-5-4-9-13-8-14-15(9)6-7-16/h8,16H,4-7H2,1-3H3,(H,12,17). The minimum atomic E-state index is -0.499. The molecule has 1 rings (SSSR count). The quantitative estimate of drug-likeness (QED) is 0.793. The van der Waals surface area contributed by atoms with Crippen LogP contribution >= 0.6 is 0 Å². The highest BCUT2D eigenvalue weighted by atomic mass is 16.6. The van der Waals surface area contributed by atoms with Crippen LogP contribution in [-0.2, 0) is 17.7 Å². The van der Waals surface area contributed by atoms with E-state index >= 15 is 0 Å². The molecule has 0 unspecified atom stereocenters. The topological polar surface area (TPSA) is 89.3 Å². The van der Waals surface area contributed by atoms with Crippen LogP contribution in [0.5, 0.6) is 0 Å². The zero-order valence-electron chi connectivity index (χ0n) is 11.0. The van der Waals surface area contributed by atoms with Gasteiger partial charge in [0.25, 0.3) is 0 Å². The van der Waals surface area contributed by atoms with Crippen LogP contribution in [0.3, 0.4) is 0 Å². The number of amides is 1. The summed E-state index contributed by atoms with van der Waals surface area (Å²) in [5.41, 5.74) is -0.499. The van der Waals surface area contributed by atoms with Gasteiger partial charge in [-0.1, -0.05) is 0 Å². The molecule has 0 aromatic carbocycles. The molecule has 1 aromatic rings. The van der Waals surface area contributed by atoms with Crippen LogP contribution in [0.4, 0.5) is 4.79 Å². The molecule has 0 aliphatic heterocycles. The van der Waals surface area contributed by atoms with Crippen molar-refractivity contribution in [2.24, 2.45) is 0 Å². The minimum Gasteiger partial charge on any atom is -0.444 e. The number of aliphatic hydroxyl groups is 1. The van der Waals surface area contributed by atoms with E-state index in [-0.39, 0.29) is 6.61 Å². The Hall–Kier alpha value is -1.63. The molecule has 0 fully saturated rings. The van der Waals surface area contributed by atoms with Crippen LogP contribution in [0.15, 0.2) is 6.33 Å². The summed E-state index contributed by atoms with van der Waals surface area (Å²) >= 11 is 0. The highest BCUT2D eigenvalue weighted by molar-refractivity contribution is 5.67. The third kappa shape index (κ3) is 5.13. The molecule has 7 heteroatoms. The van der Waals surface area contributed by atoms with Crippen LogP contribution < -0.4 is 5.32 Å². The molecule has 1 amide bonds. The summed E-state index contributed by atoms with van der Waals surface area (Å²) < 4.78 is 6.71. The summed E-state index contributed by atoms with van der Waals surface area (Å²) in [6.45, 7) is 6.26. The van der Waals surface area contributed by atoms with Crippen LogP contribution in [0, 0.1) is 0 Å². The summed E-state index contributed by atoms with van der Waals surface area (Å²) in [5, 5.41) is 15.4. The van der Waals surface area contributed by atoms with E-state index in [0.29, 0.717) is 19.5 Å². The van der Waals surface area contributed by atoms with E-state index in [4.69, 9.17) is 9.84 Å². The zero-order valence-corrected chi connectivity index (χ0v) is 11.0. The zero-order chi connectivity index (χ0) is 13.6. The maximum atomic E-state index is 11.4. The summed E-state index contributed by atoms with van der Waals surface area (Å²) in [5.74, 6) is 0.722. The van der Waals surface area contributed by atoms with Crippen LogP contribution in [0.2, 0.25) is 0 Å². The van der Waals surface area contributed by atoms with Crippen molar-refractivity contribution in [1.82, 2.24) is 20.1 Å². The van der Waals surface area contributed by atoms with Crippen molar-refractivity contribution in [3.8, 4) is 0 Å². The lowest BCUT2D eigenvalue weighted by atomic mass is 10.2. The molecule has 102 valence electrons. The van der Waals surface area contributed by atoms with Gasteiger partial charge in [0.2, 0.25) is 0 Å². The van der Waals surface area contributed by atoms with Gasteiger partial charge in [0.1, 0.15) is 17.8 Å². The summed E-state index contributed by atoms with van der Waals surface area (Å²) in [6, 6.07) is 0. The van der Waals surface area contributed by atoms with E-state index in [2.05, 4.69) is 15.4 Å². The first-order valence-electron chi connectivity index (χ1n) is 5.87. The van der Waals surface area contributed by atoms with Crippen LogP contribution in [0.1, 0.15) is 26.6 Å². The van der Waals surface area contributed by atoms with E-state index in [9.17, 15) is 4.79 Å². The number of carbonyl (C=O) groups excluding carboxylic acids is 1. The molecule has 0 saturated heterocycles. The molecular formula is C11H20N4O3. The Morgan fingerprint density at radius 1 is 1.56 bits per heavy atom. The predicted octanol–water partition coefficient (Wildman–Crippen LogP) is 0.338. The molecule has 0 aliphatic carbocycles. The van der Waals surface area contributed by atoms with Gasteiger partial charge < -0.3 is 15.2 Å². The molecule has 0 spiro atoms. The highest BCUT2D eigenvalue weighted by Gasteiger charge is 2.15. The fraction of sp³-hybridized carbons (Fsp3) is 0.727. The molecular weight excluding hydrogens is 236 g/mol. The van der Waals surface area contributed by atoms with Gasteiger partial charge in [0.15, 0.2) is 0 Å². The van der Waals surface area contributed by atoms with E-state index in [1.54, 1.807) is 4.68 Å². The van der Waals surface area contributed by atoms with Crippen molar-refractivity contribution >= 4 is 6.09 Å². The molecule has 0 bridgehead atoms. The van der Waals surface area contributed by atoms with Crippen molar-refractivity contribution < 1.29 is 14.6 Å². The van der Waals surface area contributed by atoms with Gasteiger partial charge in [0, 0.05) is 13.0 Å². The molecule has 18 heavy (non-hydrogen) atoms. The second-order valence-corrected chi connectivity index (χ2v) is 4.80. The number of nitrogens with zero attached hydrogens (tertiary/aromatic N) is 3. The molecule has 7 nitrogen and oxygen atoms in total. The van der Waals surface area contributed by atoms with Gasteiger partial charge in [-0.25, -0.2) is 14.5 Å². The van der Waals surface area contributed by atoms with Gasteiger partial charge in [-0.05, 0) is 20.8 Å². The van der Waals surface area contributed by atoms with Crippen LogP contribution in [-0.4, -0.2) is 44.7 Å². The molecule has 0 aliphatic rings. The van der Waals surface area contributed by atoms with Crippen LogP contribution in [0.25, 0.3) is 0 Å². The van der Waals surface area contributed by atoms with Gasteiger partial charge in [-0.15, -0.1) is 0 Å². The first-order chi connectivity index (χ1) is 8.42. The fourth-order valence-corrected chi connectivity index (χ4v) is 1.35. The van der Waals surface area contributed by atoms with Gasteiger partial charge in [-0.2, -0.15) is 5.10 Å². The number of nitrogens with one attached hydrogen (secondary N) is 1. The van der Waals surface area contributed by atoms with E-state index in [0.717, 1.165) is 5.82 Å². The average Bonchev–Trinajstić information content (AvgIpc) is 2.64. The summed E-state index contributed by atoms with van der Waals surface area (Å²) in [6.07, 6.45) is 1.52. The Bertz CT molecular complexity index is 384. The molecule has 1 heterocycles. The molecule has 0 radical (unpaired) electrons. The number of hydrogen-bond acceptors (Lipinski definition) is 5. The van der Waals surface area contributed by atoms with E-state index < -0.39 is 11.7 Å². The van der Waals surface area contributed by atoms with Crippen molar-refractivity contribution in [1.29, 1.82) is 0 Å². The summed E-state index contributed by atoms with van der Waals surface area (Å²) in [7, 11) is 0. The van der Waals surface area contributed by atoms with Crippen molar-refractivity contribution in [2.45, 2.75) is 39.3 Å². The first-order valence-corrected chi connectivity index (χ1v) is 5.87. The molecule has 0 atom stereocenters. The SMILES string of the molecule is CC(C)(C)OC(=O)NCCc1ncnn1CCO. The van der Waals surface area contributed by atoms with Crippen molar-refractivity contribution in [3.63, 3.8) is 0 Å². The number of alkyl carbamates (subject to hydrolysis) is 1. The lowest BCUT2D eigenvalue weighted by Gasteiger charge is -2.19. The largest absolute Gasteiger partial charge is 0.444 e. The molecule has 2 N–H and O–H groups in total. The third-order valence-corrected chi connectivity index (χ3v) is 2.02. The minimum absolute atomic E-state index is 0.00978. The number of hydrogen-bond donors (Lipinski definition) is 2. The Labute approximate surface area is 106 Å². The number of rotatable bonds is 5. The maximum absolute atomic E-state index is 11.4. The Balaban J connectivity index is 2.33. The molecule has 0 saturated carbocycles. The number of aromatic nitrogens is 3. The van der Waals surface area contributed by atoms with E-state index in [1.807, 2.05) is 20.8 Å². The second kappa shape index (κ2) is 6.34.